The van der Waals surface area contributed by atoms with Crippen LogP contribution < -0.4 is 16.0 Å². The van der Waals surface area contributed by atoms with Gasteiger partial charge in [0, 0.05) is 31.0 Å². The predicted octanol–water partition coefficient (Wildman–Crippen LogP) is 1.18. The van der Waals surface area contributed by atoms with Crippen molar-refractivity contribution in [3.8, 4) is 5.69 Å². The highest BCUT2D eigenvalue weighted by molar-refractivity contribution is 6.07. The van der Waals surface area contributed by atoms with Crippen LogP contribution >= 0.6 is 0 Å². The molecule has 10 heteroatoms. The fourth-order valence-corrected chi connectivity index (χ4v) is 4.00. The standard InChI is InChI=1S/C21H24N6O4/c28-17(8-13-26-19(30)21(25-20(26)31)9-1-2-10-21)22-14-18(29)24-15-4-6-16(7-5-15)27-12-3-11-23-27/h3-7,11-12H,1-2,8-10,13-14H2,(H,22,28)(H,24,29)(H,25,31). The maximum absolute atomic E-state index is 12.6. The molecule has 0 atom stereocenters. The van der Waals surface area contributed by atoms with Crippen LogP contribution in [0, 0.1) is 0 Å². The fraction of sp³-hybridized carbons (Fsp3) is 0.381. The normalized spacial score (nSPS) is 17.1. The van der Waals surface area contributed by atoms with Crippen LogP contribution in [0.15, 0.2) is 42.7 Å². The van der Waals surface area contributed by atoms with Crippen molar-refractivity contribution >= 4 is 29.4 Å². The number of hydrogen-bond donors (Lipinski definition) is 3. The van der Waals surface area contributed by atoms with Gasteiger partial charge >= 0.3 is 6.03 Å². The number of benzene rings is 1. The number of nitrogens with zero attached hydrogens (tertiary/aromatic N) is 3. The molecule has 162 valence electrons. The number of carbonyl (C=O) groups excluding carboxylic acids is 4. The first-order valence-electron chi connectivity index (χ1n) is 10.3. The Hall–Kier alpha value is -3.69. The maximum Gasteiger partial charge on any atom is 0.325 e. The quantitative estimate of drug-likeness (QED) is 0.576. The van der Waals surface area contributed by atoms with Crippen molar-refractivity contribution in [3.63, 3.8) is 0 Å². The van der Waals surface area contributed by atoms with Gasteiger partial charge in [-0.2, -0.15) is 5.10 Å². The molecule has 0 bridgehead atoms. The van der Waals surface area contributed by atoms with Crippen LogP contribution in [0.2, 0.25) is 0 Å². The SMILES string of the molecule is O=C(CCN1C(=O)NC2(CCCC2)C1=O)NCC(=O)Nc1ccc(-n2cccn2)cc1. The highest BCUT2D eigenvalue weighted by atomic mass is 16.2. The second kappa shape index (κ2) is 8.58. The average molecular weight is 424 g/mol. The molecule has 5 amide bonds. The third-order valence-corrected chi connectivity index (χ3v) is 5.63. The highest BCUT2D eigenvalue weighted by Crippen LogP contribution is 2.34. The van der Waals surface area contributed by atoms with E-state index in [-0.39, 0.29) is 31.3 Å². The first-order chi connectivity index (χ1) is 15.0. The van der Waals surface area contributed by atoms with Crippen LogP contribution in [0.25, 0.3) is 5.69 Å². The molecule has 2 aromatic rings. The Kier molecular flexibility index (Phi) is 5.70. The molecule has 2 fully saturated rings. The average Bonchev–Trinajstić information content (AvgIpc) is 3.49. The monoisotopic (exact) mass is 424 g/mol. The molecule has 1 aliphatic carbocycles. The van der Waals surface area contributed by atoms with E-state index in [9.17, 15) is 19.2 Å². The van der Waals surface area contributed by atoms with Crippen molar-refractivity contribution in [2.45, 2.75) is 37.6 Å². The van der Waals surface area contributed by atoms with Gasteiger partial charge in [0.25, 0.3) is 5.91 Å². The Balaban J connectivity index is 1.20. The van der Waals surface area contributed by atoms with E-state index in [1.807, 2.05) is 24.4 Å². The van der Waals surface area contributed by atoms with Crippen molar-refractivity contribution in [2.24, 2.45) is 0 Å². The van der Waals surface area contributed by atoms with Crippen LogP contribution in [0.4, 0.5) is 10.5 Å². The number of nitrogens with one attached hydrogen (secondary N) is 3. The lowest BCUT2D eigenvalue weighted by Gasteiger charge is -2.19. The smallest absolute Gasteiger partial charge is 0.325 e. The third kappa shape index (κ3) is 4.42. The Morgan fingerprint density at radius 2 is 1.84 bits per heavy atom. The molecule has 10 nitrogen and oxygen atoms in total. The van der Waals surface area contributed by atoms with Gasteiger partial charge in [-0.15, -0.1) is 0 Å². The minimum absolute atomic E-state index is 0.00520. The Morgan fingerprint density at radius 1 is 1.10 bits per heavy atom. The van der Waals surface area contributed by atoms with Crippen LogP contribution in [0.3, 0.4) is 0 Å². The molecule has 2 aliphatic rings. The molecule has 1 saturated carbocycles. The Labute approximate surface area is 179 Å². The van der Waals surface area contributed by atoms with E-state index in [0.717, 1.165) is 23.4 Å². The van der Waals surface area contributed by atoms with E-state index in [0.29, 0.717) is 18.5 Å². The topological polar surface area (TPSA) is 125 Å². The fourth-order valence-electron chi connectivity index (χ4n) is 4.00. The lowest BCUT2D eigenvalue weighted by Crippen LogP contribution is -2.44. The van der Waals surface area contributed by atoms with Crippen molar-refractivity contribution in [1.29, 1.82) is 0 Å². The van der Waals surface area contributed by atoms with Gasteiger partial charge in [0.15, 0.2) is 0 Å². The lowest BCUT2D eigenvalue weighted by atomic mass is 9.98. The van der Waals surface area contributed by atoms with Crippen LogP contribution in [-0.2, 0) is 14.4 Å². The summed E-state index contributed by atoms with van der Waals surface area (Å²) < 4.78 is 1.70. The van der Waals surface area contributed by atoms with Gasteiger partial charge in [-0.3, -0.25) is 19.3 Å². The first kappa shape index (κ1) is 20.6. The molecule has 0 radical (unpaired) electrons. The molecule has 1 saturated heterocycles. The number of rotatable bonds is 7. The molecule has 4 rings (SSSR count). The van der Waals surface area contributed by atoms with Crippen molar-refractivity contribution < 1.29 is 19.2 Å². The van der Waals surface area contributed by atoms with Gasteiger partial charge in [-0.1, -0.05) is 12.8 Å². The van der Waals surface area contributed by atoms with Gasteiger partial charge in [0.05, 0.1) is 12.2 Å². The summed E-state index contributed by atoms with van der Waals surface area (Å²) in [5.41, 5.74) is 0.674. The summed E-state index contributed by atoms with van der Waals surface area (Å²) in [5.74, 6) is -1.03. The van der Waals surface area contributed by atoms with E-state index in [1.54, 1.807) is 23.0 Å². The first-order valence-corrected chi connectivity index (χ1v) is 10.3. The molecule has 2 heterocycles. The van der Waals surface area contributed by atoms with Crippen molar-refractivity contribution in [1.82, 2.24) is 25.3 Å². The zero-order valence-electron chi connectivity index (χ0n) is 17.0. The molecular weight excluding hydrogens is 400 g/mol. The van der Waals surface area contributed by atoms with Crippen molar-refractivity contribution in [2.75, 3.05) is 18.4 Å². The minimum atomic E-state index is -0.777. The lowest BCUT2D eigenvalue weighted by molar-refractivity contribution is -0.131. The number of amides is 5. The Bertz CT molecular complexity index is 980. The van der Waals surface area contributed by atoms with Gasteiger partial charge < -0.3 is 16.0 Å². The van der Waals surface area contributed by atoms with Crippen LogP contribution in [-0.4, -0.2) is 57.1 Å². The molecule has 31 heavy (non-hydrogen) atoms. The summed E-state index contributed by atoms with van der Waals surface area (Å²) in [4.78, 5) is 50.0. The van der Waals surface area contributed by atoms with E-state index in [1.165, 1.54) is 0 Å². The molecule has 1 aromatic heterocycles. The largest absolute Gasteiger partial charge is 0.347 e. The van der Waals surface area contributed by atoms with E-state index < -0.39 is 17.5 Å². The Morgan fingerprint density at radius 3 is 2.52 bits per heavy atom. The van der Waals surface area contributed by atoms with Gasteiger partial charge in [0.1, 0.15) is 5.54 Å². The van der Waals surface area contributed by atoms with E-state index >= 15 is 0 Å². The number of aromatic nitrogens is 2. The van der Waals surface area contributed by atoms with E-state index in [4.69, 9.17) is 0 Å². The number of imide groups is 1. The zero-order valence-corrected chi connectivity index (χ0v) is 17.0. The molecule has 1 spiro atoms. The highest BCUT2D eigenvalue weighted by Gasteiger charge is 2.52. The predicted molar refractivity (Wildman–Crippen MR) is 111 cm³/mol. The summed E-state index contributed by atoms with van der Waals surface area (Å²) in [7, 11) is 0. The van der Waals surface area contributed by atoms with Crippen LogP contribution in [0.1, 0.15) is 32.1 Å². The molecule has 0 unspecified atom stereocenters. The molecular formula is C21H24N6O4. The summed E-state index contributed by atoms with van der Waals surface area (Å²) in [6.45, 7) is -0.210. The van der Waals surface area contributed by atoms with Gasteiger partial charge in [0.2, 0.25) is 11.8 Å². The number of urea groups is 1. The summed E-state index contributed by atoms with van der Waals surface area (Å²) in [6.07, 6.45) is 6.53. The third-order valence-electron chi connectivity index (χ3n) is 5.63. The van der Waals surface area contributed by atoms with Crippen molar-refractivity contribution in [3.05, 3.63) is 42.7 Å². The van der Waals surface area contributed by atoms with E-state index in [2.05, 4.69) is 21.0 Å². The number of hydrogen-bond acceptors (Lipinski definition) is 5. The minimum Gasteiger partial charge on any atom is -0.347 e. The number of anilines is 1. The van der Waals surface area contributed by atoms with Crippen LogP contribution in [0.5, 0.6) is 0 Å². The summed E-state index contributed by atoms with van der Waals surface area (Å²) >= 11 is 0. The number of carbonyl (C=O) groups is 4. The second-order valence-corrected chi connectivity index (χ2v) is 7.75. The molecule has 1 aromatic carbocycles. The van der Waals surface area contributed by atoms with Gasteiger partial charge in [-0.05, 0) is 43.2 Å². The molecule has 3 N–H and O–H groups in total. The zero-order chi connectivity index (χ0) is 21.8. The summed E-state index contributed by atoms with van der Waals surface area (Å²) in [5, 5.41) is 12.1. The molecule has 1 aliphatic heterocycles. The summed E-state index contributed by atoms with van der Waals surface area (Å²) in [6, 6.07) is 8.49. The maximum atomic E-state index is 12.6. The second-order valence-electron chi connectivity index (χ2n) is 7.75. The van der Waals surface area contributed by atoms with Gasteiger partial charge in [-0.25, -0.2) is 9.48 Å².